The van der Waals surface area contributed by atoms with Crippen molar-refractivity contribution in [2.75, 3.05) is 0 Å². The fraction of sp³-hybridized carbons (Fsp3) is 0.100. The Labute approximate surface area is 159 Å². The lowest BCUT2D eigenvalue weighted by molar-refractivity contribution is -0.380. The van der Waals surface area contributed by atoms with Crippen LogP contribution in [0.3, 0.4) is 0 Å². The highest BCUT2D eigenvalue weighted by Crippen LogP contribution is 2.26. The van der Waals surface area contributed by atoms with Gasteiger partial charge in [0.2, 0.25) is 0 Å². The lowest BCUT2D eigenvalue weighted by Crippen LogP contribution is -2.23. The predicted octanol–water partition coefficient (Wildman–Crippen LogP) is 4.19. The summed E-state index contributed by atoms with van der Waals surface area (Å²) in [4.78, 5) is 27.3. The number of aliphatic imine (C=N–C) groups is 1. The second kappa shape index (κ2) is 8.37. The number of hydrogen-bond acceptors (Lipinski definition) is 5. The van der Waals surface area contributed by atoms with E-state index in [1.165, 1.54) is 6.07 Å². The Bertz CT molecular complexity index is 926. The van der Waals surface area contributed by atoms with Crippen molar-refractivity contribution in [1.29, 1.82) is 0 Å². The average Bonchev–Trinajstić information content (AvgIpc) is 3.15. The van der Waals surface area contributed by atoms with E-state index in [1.807, 2.05) is 60.7 Å². The molecule has 0 bridgehead atoms. The van der Waals surface area contributed by atoms with Crippen molar-refractivity contribution in [3.05, 3.63) is 98.9 Å². The SMILES string of the molecule is O=C(O)C(Cc1ccc([N+](=O)[O-])s1)N=C(c1ccccc1)c1ccccc1. The molecule has 0 spiro atoms. The normalized spacial score (nSPS) is 11.6. The third-order valence-electron chi connectivity index (χ3n) is 3.89. The summed E-state index contributed by atoms with van der Waals surface area (Å²) in [7, 11) is 0. The third kappa shape index (κ3) is 4.65. The van der Waals surface area contributed by atoms with Crippen molar-refractivity contribution in [2.45, 2.75) is 12.5 Å². The predicted molar refractivity (Wildman–Crippen MR) is 105 cm³/mol. The van der Waals surface area contributed by atoms with E-state index in [9.17, 15) is 20.0 Å². The van der Waals surface area contributed by atoms with E-state index >= 15 is 0 Å². The molecule has 1 aromatic heterocycles. The first-order valence-corrected chi connectivity index (χ1v) is 9.01. The Morgan fingerprint density at radius 3 is 2.00 bits per heavy atom. The van der Waals surface area contributed by atoms with Crippen LogP contribution in [0, 0.1) is 10.1 Å². The van der Waals surface area contributed by atoms with E-state index in [4.69, 9.17) is 0 Å². The van der Waals surface area contributed by atoms with E-state index in [1.54, 1.807) is 6.07 Å². The summed E-state index contributed by atoms with van der Waals surface area (Å²) in [5, 5.41) is 20.5. The van der Waals surface area contributed by atoms with Crippen LogP contribution in [0.15, 0.2) is 77.8 Å². The number of carboxylic acid groups (broad SMARTS) is 1. The van der Waals surface area contributed by atoms with Crippen molar-refractivity contribution in [3.8, 4) is 0 Å². The van der Waals surface area contributed by atoms with Crippen LogP contribution >= 0.6 is 11.3 Å². The molecule has 0 aliphatic carbocycles. The fourth-order valence-electron chi connectivity index (χ4n) is 2.62. The Morgan fingerprint density at radius 2 is 1.56 bits per heavy atom. The Kier molecular flexibility index (Phi) is 5.73. The molecule has 2 aromatic carbocycles. The number of benzene rings is 2. The van der Waals surface area contributed by atoms with E-state index < -0.39 is 16.9 Å². The molecule has 0 amide bonds. The maximum absolute atomic E-state index is 11.8. The number of rotatable bonds is 7. The molecule has 1 N–H and O–H groups in total. The molecule has 7 heteroatoms. The summed E-state index contributed by atoms with van der Waals surface area (Å²) in [6.45, 7) is 0. The smallest absolute Gasteiger partial charge is 0.328 e. The molecule has 0 saturated carbocycles. The highest BCUT2D eigenvalue weighted by atomic mass is 32.1. The van der Waals surface area contributed by atoms with E-state index in [2.05, 4.69) is 4.99 Å². The highest BCUT2D eigenvalue weighted by molar-refractivity contribution is 7.15. The van der Waals surface area contributed by atoms with Gasteiger partial charge in [0.15, 0.2) is 6.04 Å². The fourth-order valence-corrected chi connectivity index (χ4v) is 3.47. The number of nitrogens with zero attached hydrogens (tertiary/aromatic N) is 2. The minimum absolute atomic E-state index is 0.00976. The molecule has 0 fully saturated rings. The molecule has 0 aliphatic rings. The zero-order valence-corrected chi connectivity index (χ0v) is 15.0. The van der Waals surface area contributed by atoms with Crippen molar-refractivity contribution in [2.24, 2.45) is 4.99 Å². The molecule has 1 heterocycles. The molecule has 0 aliphatic heterocycles. The van der Waals surface area contributed by atoms with Crippen LogP contribution < -0.4 is 0 Å². The number of hydrogen-bond donors (Lipinski definition) is 1. The third-order valence-corrected chi connectivity index (χ3v) is 4.95. The average molecular weight is 380 g/mol. The van der Waals surface area contributed by atoms with Gasteiger partial charge in [0.1, 0.15) is 0 Å². The molecule has 0 radical (unpaired) electrons. The first kappa shape index (κ1) is 18.5. The summed E-state index contributed by atoms with van der Waals surface area (Å²) in [6, 6.07) is 20.7. The van der Waals surface area contributed by atoms with Gasteiger partial charge in [-0.25, -0.2) is 4.79 Å². The molecule has 0 saturated heterocycles. The standard InChI is InChI=1S/C20H16N2O4S/c23-20(24)17(13-16-11-12-18(27-16)22(25)26)21-19(14-7-3-1-4-8-14)15-9-5-2-6-10-15/h1-12,17H,13H2,(H,23,24). The summed E-state index contributed by atoms with van der Waals surface area (Å²) in [6.07, 6.45) is 0.0943. The number of thiophene rings is 1. The second-order valence-electron chi connectivity index (χ2n) is 5.76. The molecular weight excluding hydrogens is 364 g/mol. The minimum Gasteiger partial charge on any atom is -0.480 e. The number of carboxylic acids is 1. The van der Waals surface area contributed by atoms with E-state index in [0.29, 0.717) is 10.6 Å². The van der Waals surface area contributed by atoms with Gasteiger partial charge in [-0.05, 0) is 6.07 Å². The van der Waals surface area contributed by atoms with Gasteiger partial charge >= 0.3 is 11.0 Å². The van der Waals surface area contributed by atoms with Crippen LogP contribution in [0.5, 0.6) is 0 Å². The van der Waals surface area contributed by atoms with Crippen LogP contribution in [-0.4, -0.2) is 27.8 Å². The molecule has 27 heavy (non-hydrogen) atoms. The largest absolute Gasteiger partial charge is 0.480 e. The van der Waals surface area contributed by atoms with Crippen LogP contribution in [0.25, 0.3) is 0 Å². The van der Waals surface area contributed by atoms with Crippen LogP contribution in [0.4, 0.5) is 5.00 Å². The Hall–Kier alpha value is -3.32. The van der Waals surface area contributed by atoms with Gasteiger partial charge in [0.25, 0.3) is 0 Å². The molecule has 1 atom stereocenters. The molecule has 6 nitrogen and oxygen atoms in total. The lowest BCUT2D eigenvalue weighted by Gasteiger charge is -2.12. The van der Waals surface area contributed by atoms with Crippen LogP contribution in [0.1, 0.15) is 16.0 Å². The molecular formula is C20H16N2O4S. The Morgan fingerprint density at radius 1 is 1.00 bits per heavy atom. The van der Waals surface area contributed by atoms with Crippen molar-refractivity contribution in [1.82, 2.24) is 0 Å². The van der Waals surface area contributed by atoms with Gasteiger partial charge in [-0.3, -0.25) is 15.1 Å². The zero-order valence-electron chi connectivity index (χ0n) is 14.2. The summed E-state index contributed by atoms with van der Waals surface area (Å²) in [5.74, 6) is -1.07. The number of carbonyl (C=O) groups is 1. The first-order chi connectivity index (χ1) is 13.0. The summed E-state index contributed by atoms with van der Waals surface area (Å²) < 4.78 is 0. The van der Waals surface area contributed by atoms with Gasteiger partial charge in [0.05, 0.1) is 10.6 Å². The maximum Gasteiger partial charge on any atom is 0.328 e. The van der Waals surface area contributed by atoms with Crippen LogP contribution in [0.2, 0.25) is 0 Å². The van der Waals surface area contributed by atoms with Gasteiger partial charge in [-0.1, -0.05) is 72.0 Å². The summed E-state index contributed by atoms with van der Waals surface area (Å²) >= 11 is 0.974. The maximum atomic E-state index is 11.8. The van der Waals surface area contributed by atoms with Gasteiger partial charge < -0.3 is 5.11 Å². The monoisotopic (exact) mass is 380 g/mol. The molecule has 136 valence electrons. The van der Waals surface area contributed by atoms with E-state index in [-0.39, 0.29) is 11.4 Å². The zero-order chi connectivity index (χ0) is 19.2. The topological polar surface area (TPSA) is 92.8 Å². The van der Waals surface area contributed by atoms with Gasteiger partial charge in [0, 0.05) is 28.5 Å². The quantitative estimate of drug-likeness (QED) is 0.378. The van der Waals surface area contributed by atoms with Crippen molar-refractivity contribution >= 4 is 28.0 Å². The molecule has 3 aromatic rings. The van der Waals surface area contributed by atoms with Crippen molar-refractivity contribution in [3.63, 3.8) is 0 Å². The van der Waals surface area contributed by atoms with Crippen molar-refractivity contribution < 1.29 is 14.8 Å². The van der Waals surface area contributed by atoms with Crippen LogP contribution in [-0.2, 0) is 11.2 Å². The van der Waals surface area contributed by atoms with E-state index in [0.717, 1.165) is 22.5 Å². The molecule has 1 unspecified atom stereocenters. The molecule has 3 rings (SSSR count). The summed E-state index contributed by atoms with van der Waals surface area (Å²) in [5.41, 5.74) is 2.20. The lowest BCUT2D eigenvalue weighted by atomic mass is 10.0. The van der Waals surface area contributed by atoms with Gasteiger partial charge in [-0.15, -0.1) is 0 Å². The number of aliphatic carboxylic acids is 1. The number of nitro groups is 1. The first-order valence-electron chi connectivity index (χ1n) is 8.19. The van der Waals surface area contributed by atoms with Gasteiger partial charge in [-0.2, -0.15) is 0 Å². The minimum atomic E-state index is -1.07. The highest BCUT2D eigenvalue weighted by Gasteiger charge is 2.21. The second-order valence-corrected chi connectivity index (χ2v) is 6.91. The Balaban J connectivity index is 1.99.